The lowest BCUT2D eigenvalue weighted by Gasteiger charge is -2.24. The molecule has 1 aromatic carbocycles. The quantitative estimate of drug-likeness (QED) is 0.886. The third-order valence-corrected chi connectivity index (χ3v) is 3.60. The van der Waals surface area contributed by atoms with Crippen LogP contribution in [0.5, 0.6) is 17.2 Å². The van der Waals surface area contributed by atoms with Crippen molar-refractivity contribution < 1.29 is 14.2 Å². The third kappa shape index (κ3) is 2.12. The Morgan fingerprint density at radius 2 is 2.22 bits per heavy atom. The SMILES string of the molecule is COc1ccc2c(c1CC1CCCN1)OCCO2. The van der Waals surface area contributed by atoms with Gasteiger partial charge in [0.25, 0.3) is 0 Å². The number of hydrogen-bond donors (Lipinski definition) is 1. The molecule has 2 aliphatic heterocycles. The van der Waals surface area contributed by atoms with E-state index >= 15 is 0 Å². The molecule has 1 atom stereocenters. The molecule has 1 unspecified atom stereocenters. The molecular formula is C14H19NO3. The third-order valence-electron chi connectivity index (χ3n) is 3.60. The molecule has 1 fully saturated rings. The van der Waals surface area contributed by atoms with Crippen LogP contribution in [0.1, 0.15) is 18.4 Å². The summed E-state index contributed by atoms with van der Waals surface area (Å²) in [6.07, 6.45) is 3.41. The van der Waals surface area contributed by atoms with Gasteiger partial charge in [-0.05, 0) is 37.9 Å². The van der Waals surface area contributed by atoms with Gasteiger partial charge >= 0.3 is 0 Å². The smallest absolute Gasteiger partial charge is 0.168 e. The van der Waals surface area contributed by atoms with Crippen molar-refractivity contribution in [2.45, 2.75) is 25.3 Å². The number of fused-ring (bicyclic) bond motifs is 1. The molecule has 0 aromatic heterocycles. The van der Waals surface area contributed by atoms with Gasteiger partial charge < -0.3 is 19.5 Å². The summed E-state index contributed by atoms with van der Waals surface area (Å²) in [5, 5.41) is 3.51. The Kier molecular flexibility index (Phi) is 3.28. The fraction of sp³-hybridized carbons (Fsp3) is 0.571. The zero-order valence-corrected chi connectivity index (χ0v) is 10.7. The van der Waals surface area contributed by atoms with Crippen molar-refractivity contribution in [3.8, 4) is 17.2 Å². The van der Waals surface area contributed by atoms with E-state index in [0.29, 0.717) is 19.3 Å². The number of methoxy groups -OCH3 is 1. The normalized spacial score (nSPS) is 21.9. The minimum atomic E-state index is 0.524. The van der Waals surface area contributed by atoms with Gasteiger partial charge in [-0.3, -0.25) is 0 Å². The maximum Gasteiger partial charge on any atom is 0.168 e. The first kappa shape index (κ1) is 11.7. The lowest BCUT2D eigenvalue weighted by atomic mass is 10.0. The molecular weight excluding hydrogens is 230 g/mol. The second-order valence-electron chi connectivity index (χ2n) is 4.77. The van der Waals surface area contributed by atoms with Gasteiger partial charge in [0.1, 0.15) is 19.0 Å². The van der Waals surface area contributed by atoms with E-state index < -0.39 is 0 Å². The number of nitrogens with one attached hydrogen (secondary N) is 1. The molecule has 4 heteroatoms. The second-order valence-corrected chi connectivity index (χ2v) is 4.77. The summed E-state index contributed by atoms with van der Waals surface area (Å²) < 4.78 is 16.9. The van der Waals surface area contributed by atoms with Crippen molar-refractivity contribution in [1.29, 1.82) is 0 Å². The average Bonchev–Trinajstić information content (AvgIpc) is 2.92. The molecule has 18 heavy (non-hydrogen) atoms. The molecule has 2 heterocycles. The second kappa shape index (κ2) is 5.06. The Labute approximate surface area is 107 Å². The van der Waals surface area contributed by atoms with Gasteiger partial charge in [-0.2, -0.15) is 0 Å². The van der Waals surface area contributed by atoms with Crippen LogP contribution in [0.2, 0.25) is 0 Å². The van der Waals surface area contributed by atoms with Crippen LogP contribution >= 0.6 is 0 Å². The molecule has 1 saturated heterocycles. The van der Waals surface area contributed by atoms with Crippen molar-refractivity contribution in [3.05, 3.63) is 17.7 Å². The Balaban J connectivity index is 1.92. The molecule has 98 valence electrons. The van der Waals surface area contributed by atoms with Crippen LogP contribution < -0.4 is 19.5 Å². The van der Waals surface area contributed by atoms with E-state index in [-0.39, 0.29) is 0 Å². The molecule has 4 nitrogen and oxygen atoms in total. The van der Waals surface area contributed by atoms with Crippen LogP contribution in [0.25, 0.3) is 0 Å². The maximum absolute atomic E-state index is 5.77. The first-order valence-electron chi connectivity index (χ1n) is 6.57. The van der Waals surface area contributed by atoms with Crippen LogP contribution in [0.3, 0.4) is 0 Å². The summed E-state index contributed by atoms with van der Waals surface area (Å²) >= 11 is 0. The highest BCUT2D eigenvalue weighted by molar-refractivity contribution is 5.54. The predicted molar refractivity (Wildman–Crippen MR) is 68.7 cm³/mol. The first-order valence-corrected chi connectivity index (χ1v) is 6.57. The summed E-state index contributed by atoms with van der Waals surface area (Å²) in [7, 11) is 1.71. The minimum Gasteiger partial charge on any atom is -0.496 e. The Morgan fingerprint density at radius 1 is 1.33 bits per heavy atom. The molecule has 1 N–H and O–H groups in total. The van der Waals surface area contributed by atoms with E-state index in [2.05, 4.69) is 5.32 Å². The zero-order chi connectivity index (χ0) is 12.4. The van der Waals surface area contributed by atoms with Crippen LogP contribution in [0.4, 0.5) is 0 Å². The van der Waals surface area contributed by atoms with Crippen molar-refractivity contribution in [2.24, 2.45) is 0 Å². The van der Waals surface area contributed by atoms with Gasteiger partial charge in [-0.25, -0.2) is 0 Å². The maximum atomic E-state index is 5.77. The van der Waals surface area contributed by atoms with E-state index in [9.17, 15) is 0 Å². The summed E-state index contributed by atoms with van der Waals surface area (Å²) in [5.74, 6) is 2.61. The fourth-order valence-corrected chi connectivity index (χ4v) is 2.72. The molecule has 2 aliphatic rings. The Bertz CT molecular complexity index is 427. The van der Waals surface area contributed by atoms with Gasteiger partial charge in [0.2, 0.25) is 0 Å². The molecule has 0 aliphatic carbocycles. The summed E-state index contributed by atoms with van der Waals surface area (Å²) in [4.78, 5) is 0. The average molecular weight is 249 g/mol. The molecule has 0 bridgehead atoms. The molecule has 0 spiro atoms. The molecule has 0 amide bonds. The van der Waals surface area contributed by atoms with Gasteiger partial charge in [0.05, 0.1) is 7.11 Å². The highest BCUT2D eigenvalue weighted by atomic mass is 16.6. The van der Waals surface area contributed by atoms with Crippen LogP contribution in [-0.4, -0.2) is 32.9 Å². The van der Waals surface area contributed by atoms with Crippen LogP contribution in [0.15, 0.2) is 12.1 Å². The minimum absolute atomic E-state index is 0.524. The monoisotopic (exact) mass is 249 g/mol. The largest absolute Gasteiger partial charge is 0.496 e. The Hall–Kier alpha value is -1.42. The van der Waals surface area contributed by atoms with Crippen LogP contribution in [0, 0.1) is 0 Å². The van der Waals surface area contributed by atoms with Crippen molar-refractivity contribution >= 4 is 0 Å². The summed E-state index contributed by atoms with van der Waals surface area (Å²) in [5.41, 5.74) is 1.13. The van der Waals surface area contributed by atoms with Gasteiger partial charge in [0.15, 0.2) is 11.5 Å². The highest BCUT2D eigenvalue weighted by Gasteiger charge is 2.24. The van der Waals surface area contributed by atoms with Gasteiger partial charge in [-0.15, -0.1) is 0 Å². The lowest BCUT2D eigenvalue weighted by molar-refractivity contribution is 0.168. The highest BCUT2D eigenvalue weighted by Crippen LogP contribution is 2.40. The van der Waals surface area contributed by atoms with Gasteiger partial charge in [-0.1, -0.05) is 0 Å². The standard InChI is InChI=1S/C14H19NO3/c1-16-12-4-5-13-14(18-8-7-17-13)11(12)9-10-3-2-6-15-10/h4-5,10,15H,2-3,6-9H2,1H3. The number of hydrogen-bond acceptors (Lipinski definition) is 4. The van der Waals surface area contributed by atoms with E-state index in [1.165, 1.54) is 12.8 Å². The fourth-order valence-electron chi connectivity index (χ4n) is 2.72. The molecule has 3 rings (SSSR count). The molecule has 0 radical (unpaired) electrons. The van der Waals surface area contributed by atoms with E-state index in [1.807, 2.05) is 12.1 Å². The first-order chi connectivity index (χ1) is 8.88. The summed E-state index contributed by atoms with van der Waals surface area (Å²) in [6, 6.07) is 4.42. The number of benzene rings is 1. The molecule has 1 aromatic rings. The van der Waals surface area contributed by atoms with Gasteiger partial charge in [0, 0.05) is 11.6 Å². The Morgan fingerprint density at radius 3 is 3.00 bits per heavy atom. The number of ether oxygens (including phenoxy) is 3. The van der Waals surface area contributed by atoms with E-state index in [4.69, 9.17) is 14.2 Å². The van der Waals surface area contributed by atoms with E-state index in [1.54, 1.807) is 7.11 Å². The zero-order valence-electron chi connectivity index (χ0n) is 10.7. The van der Waals surface area contributed by atoms with Crippen molar-refractivity contribution in [1.82, 2.24) is 5.32 Å². The van der Waals surface area contributed by atoms with Crippen molar-refractivity contribution in [2.75, 3.05) is 26.9 Å². The lowest BCUT2D eigenvalue weighted by Crippen LogP contribution is -2.25. The van der Waals surface area contributed by atoms with Crippen molar-refractivity contribution in [3.63, 3.8) is 0 Å². The van der Waals surface area contributed by atoms with E-state index in [0.717, 1.165) is 35.8 Å². The molecule has 0 saturated carbocycles. The summed E-state index contributed by atoms with van der Waals surface area (Å²) in [6.45, 7) is 2.35. The predicted octanol–water partition coefficient (Wildman–Crippen LogP) is 1.76. The topological polar surface area (TPSA) is 39.7 Å². The van der Waals surface area contributed by atoms with Crippen LogP contribution in [-0.2, 0) is 6.42 Å². The number of rotatable bonds is 3.